The van der Waals surface area contributed by atoms with E-state index in [-0.39, 0.29) is 0 Å². The lowest BCUT2D eigenvalue weighted by Gasteiger charge is -2.23. The summed E-state index contributed by atoms with van der Waals surface area (Å²) in [5.41, 5.74) is 2.94. The average Bonchev–Trinajstić information content (AvgIpc) is 2.17. The van der Waals surface area contributed by atoms with Gasteiger partial charge in [0.1, 0.15) is 6.04 Å². The van der Waals surface area contributed by atoms with Crippen LogP contribution in [0.3, 0.4) is 0 Å². The Labute approximate surface area is 93.7 Å². The van der Waals surface area contributed by atoms with Gasteiger partial charge in [0.2, 0.25) is 0 Å². The van der Waals surface area contributed by atoms with Gasteiger partial charge in [-0.25, -0.2) is 0 Å². The van der Waals surface area contributed by atoms with Crippen LogP contribution in [0.1, 0.15) is 28.3 Å². The van der Waals surface area contributed by atoms with Crippen LogP contribution in [-0.4, -0.2) is 13.2 Å². The topological polar surface area (TPSA) is 12.0 Å². The second-order valence-electron chi connectivity index (χ2n) is 3.98. The molecule has 4 heteroatoms. The molecule has 1 unspecified atom stereocenters. The number of alkyl halides is 3. The molecule has 0 aliphatic heterocycles. The normalized spacial score (nSPS) is 13.9. The minimum atomic E-state index is -4.26. The fourth-order valence-corrected chi connectivity index (χ4v) is 1.79. The summed E-state index contributed by atoms with van der Waals surface area (Å²) in [6.45, 7) is 5.47. The molecule has 1 atom stereocenters. The summed E-state index contributed by atoms with van der Waals surface area (Å²) in [5.74, 6) is 0. The highest BCUT2D eigenvalue weighted by Crippen LogP contribution is 2.35. The number of halogens is 3. The maximum absolute atomic E-state index is 12.8. The highest BCUT2D eigenvalue weighted by molar-refractivity contribution is 5.40. The maximum Gasteiger partial charge on any atom is 0.407 e. The van der Waals surface area contributed by atoms with Gasteiger partial charge in [-0.3, -0.25) is 0 Å². The predicted octanol–water partition coefficient (Wildman–Crippen LogP) is 3.43. The largest absolute Gasteiger partial charge is 0.407 e. The summed E-state index contributed by atoms with van der Waals surface area (Å²) < 4.78 is 38.3. The second-order valence-corrected chi connectivity index (χ2v) is 3.98. The van der Waals surface area contributed by atoms with Crippen LogP contribution in [0.2, 0.25) is 0 Å². The Morgan fingerprint density at radius 1 is 1.06 bits per heavy atom. The molecule has 1 aromatic rings. The van der Waals surface area contributed by atoms with E-state index < -0.39 is 12.2 Å². The molecule has 1 nitrogen and oxygen atoms in total. The summed E-state index contributed by atoms with van der Waals surface area (Å²) in [6, 6.07) is 1.69. The number of rotatable bonds is 2. The minimum absolute atomic E-state index is 0.304. The van der Waals surface area contributed by atoms with Crippen molar-refractivity contribution in [2.24, 2.45) is 0 Å². The van der Waals surface area contributed by atoms with Crippen molar-refractivity contribution in [2.75, 3.05) is 7.05 Å². The molecule has 1 aromatic carbocycles. The van der Waals surface area contributed by atoms with Gasteiger partial charge in [-0.05, 0) is 50.1 Å². The first-order valence-electron chi connectivity index (χ1n) is 5.09. The van der Waals surface area contributed by atoms with Crippen molar-refractivity contribution >= 4 is 0 Å². The number of aryl methyl sites for hydroxylation is 1. The molecule has 0 spiro atoms. The Bertz CT molecular complexity index is 383. The second kappa shape index (κ2) is 4.45. The molecule has 0 saturated heterocycles. The van der Waals surface area contributed by atoms with E-state index in [1.807, 2.05) is 13.8 Å². The minimum Gasteiger partial charge on any atom is -0.306 e. The zero-order valence-corrected chi connectivity index (χ0v) is 9.87. The van der Waals surface area contributed by atoms with E-state index in [0.717, 1.165) is 11.1 Å². The van der Waals surface area contributed by atoms with Crippen LogP contribution in [0.15, 0.2) is 12.1 Å². The van der Waals surface area contributed by atoms with Crippen LogP contribution in [0.4, 0.5) is 13.2 Å². The van der Waals surface area contributed by atoms with Crippen molar-refractivity contribution < 1.29 is 13.2 Å². The molecule has 1 rings (SSSR count). The van der Waals surface area contributed by atoms with Gasteiger partial charge >= 0.3 is 6.18 Å². The number of hydrogen-bond acceptors (Lipinski definition) is 1. The average molecular weight is 231 g/mol. The third kappa shape index (κ3) is 2.38. The van der Waals surface area contributed by atoms with E-state index in [1.54, 1.807) is 19.1 Å². The van der Waals surface area contributed by atoms with Gasteiger partial charge in [-0.1, -0.05) is 12.1 Å². The van der Waals surface area contributed by atoms with E-state index in [0.29, 0.717) is 11.1 Å². The van der Waals surface area contributed by atoms with Crippen LogP contribution in [0, 0.1) is 20.8 Å². The zero-order valence-electron chi connectivity index (χ0n) is 9.87. The lowest BCUT2D eigenvalue weighted by Crippen LogP contribution is -2.32. The van der Waals surface area contributed by atoms with Crippen molar-refractivity contribution in [3.05, 3.63) is 34.4 Å². The molecule has 0 aliphatic rings. The van der Waals surface area contributed by atoms with Gasteiger partial charge in [0.15, 0.2) is 0 Å². The van der Waals surface area contributed by atoms with Crippen LogP contribution in [-0.2, 0) is 0 Å². The number of nitrogens with one attached hydrogen (secondary N) is 1. The summed E-state index contributed by atoms with van der Waals surface area (Å²) >= 11 is 0. The summed E-state index contributed by atoms with van der Waals surface area (Å²) in [5, 5.41) is 2.32. The fraction of sp³-hybridized carbons (Fsp3) is 0.500. The van der Waals surface area contributed by atoms with Crippen LogP contribution >= 0.6 is 0 Å². The standard InChI is InChI=1S/C12H16F3N/c1-7-5-6-10(9(3)8(7)2)11(16-4)12(13,14)15/h5-6,11,16H,1-4H3. The third-order valence-corrected chi connectivity index (χ3v) is 3.03. The van der Waals surface area contributed by atoms with Gasteiger partial charge in [-0.2, -0.15) is 13.2 Å². The van der Waals surface area contributed by atoms with Gasteiger partial charge in [0.25, 0.3) is 0 Å². The zero-order chi connectivity index (χ0) is 12.5. The van der Waals surface area contributed by atoms with Crippen molar-refractivity contribution in [3.63, 3.8) is 0 Å². The molecular formula is C12H16F3N. The van der Waals surface area contributed by atoms with Crippen molar-refractivity contribution in [1.82, 2.24) is 5.32 Å². The van der Waals surface area contributed by atoms with Gasteiger partial charge in [-0.15, -0.1) is 0 Å². The lowest BCUT2D eigenvalue weighted by molar-refractivity contribution is -0.156. The SMILES string of the molecule is CNC(c1ccc(C)c(C)c1C)C(F)(F)F. The number of hydrogen-bond donors (Lipinski definition) is 1. The monoisotopic (exact) mass is 231 g/mol. The molecule has 0 bridgehead atoms. The molecule has 0 fully saturated rings. The Morgan fingerprint density at radius 3 is 2.06 bits per heavy atom. The third-order valence-electron chi connectivity index (χ3n) is 3.03. The molecule has 0 amide bonds. The van der Waals surface area contributed by atoms with Gasteiger partial charge in [0.05, 0.1) is 0 Å². The first kappa shape index (κ1) is 13.0. The highest BCUT2D eigenvalue weighted by atomic mass is 19.4. The fourth-order valence-electron chi connectivity index (χ4n) is 1.79. The first-order valence-corrected chi connectivity index (χ1v) is 5.09. The smallest absolute Gasteiger partial charge is 0.306 e. The number of benzene rings is 1. The summed E-state index contributed by atoms with van der Waals surface area (Å²) in [6.07, 6.45) is -4.26. The Hall–Kier alpha value is -1.03. The maximum atomic E-state index is 12.8. The van der Waals surface area contributed by atoms with E-state index in [9.17, 15) is 13.2 Å². The van der Waals surface area contributed by atoms with Crippen molar-refractivity contribution in [3.8, 4) is 0 Å². The van der Waals surface area contributed by atoms with E-state index in [4.69, 9.17) is 0 Å². The lowest BCUT2D eigenvalue weighted by atomic mass is 9.94. The molecule has 0 aromatic heterocycles. The molecule has 0 saturated carbocycles. The Balaban J connectivity index is 3.27. The molecule has 0 radical (unpaired) electrons. The molecule has 1 N–H and O–H groups in total. The van der Waals surface area contributed by atoms with E-state index >= 15 is 0 Å². The van der Waals surface area contributed by atoms with E-state index in [1.165, 1.54) is 7.05 Å². The van der Waals surface area contributed by atoms with Crippen LogP contribution in [0.5, 0.6) is 0 Å². The van der Waals surface area contributed by atoms with Crippen LogP contribution in [0.25, 0.3) is 0 Å². The van der Waals surface area contributed by atoms with Gasteiger partial charge < -0.3 is 5.32 Å². The molecular weight excluding hydrogens is 215 g/mol. The molecule has 90 valence electrons. The molecule has 0 aliphatic carbocycles. The first-order chi connectivity index (χ1) is 7.29. The predicted molar refractivity (Wildman–Crippen MR) is 58.5 cm³/mol. The van der Waals surface area contributed by atoms with Crippen molar-refractivity contribution in [2.45, 2.75) is 33.0 Å². The Morgan fingerprint density at radius 2 is 1.62 bits per heavy atom. The molecule has 0 heterocycles. The van der Waals surface area contributed by atoms with Gasteiger partial charge in [0, 0.05) is 0 Å². The van der Waals surface area contributed by atoms with E-state index in [2.05, 4.69) is 5.32 Å². The van der Waals surface area contributed by atoms with Crippen LogP contribution < -0.4 is 5.32 Å². The Kier molecular flexibility index (Phi) is 3.63. The summed E-state index contributed by atoms with van der Waals surface area (Å²) in [4.78, 5) is 0. The molecule has 16 heavy (non-hydrogen) atoms. The van der Waals surface area contributed by atoms with Crippen molar-refractivity contribution in [1.29, 1.82) is 0 Å². The highest BCUT2D eigenvalue weighted by Gasteiger charge is 2.40. The summed E-state index contributed by atoms with van der Waals surface area (Å²) in [7, 11) is 1.33. The quantitative estimate of drug-likeness (QED) is 0.822.